The first kappa shape index (κ1) is 14.4. The lowest BCUT2D eigenvalue weighted by Gasteiger charge is -2.45. The normalized spacial score (nSPS) is 29.9. The molecule has 108 valence electrons. The van der Waals surface area contributed by atoms with E-state index in [1.165, 1.54) is 12.8 Å². The van der Waals surface area contributed by atoms with Crippen LogP contribution in [0.2, 0.25) is 0 Å². The minimum atomic E-state index is -0.358. The van der Waals surface area contributed by atoms with Crippen molar-refractivity contribution in [3.63, 3.8) is 0 Å². The molecule has 19 heavy (non-hydrogen) atoms. The van der Waals surface area contributed by atoms with Gasteiger partial charge in [0.15, 0.2) is 0 Å². The standard InChI is InChI=1S/C15H26N2O2/c1-8(2)12-15(19)17(10(5)11-6-7-11)13(9(3)4)14(18)16-12/h8-13H,6-7H2,1-5H3,(H,16,18). The van der Waals surface area contributed by atoms with E-state index in [4.69, 9.17) is 0 Å². The first-order valence-corrected chi connectivity index (χ1v) is 7.47. The van der Waals surface area contributed by atoms with Gasteiger partial charge < -0.3 is 10.2 Å². The quantitative estimate of drug-likeness (QED) is 0.843. The summed E-state index contributed by atoms with van der Waals surface area (Å²) >= 11 is 0. The van der Waals surface area contributed by atoms with Crippen LogP contribution in [-0.2, 0) is 9.59 Å². The van der Waals surface area contributed by atoms with Crippen molar-refractivity contribution in [1.82, 2.24) is 10.2 Å². The summed E-state index contributed by atoms with van der Waals surface area (Å²) in [6, 6.07) is -0.478. The maximum atomic E-state index is 12.7. The summed E-state index contributed by atoms with van der Waals surface area (Å²) < 4.78 is 0. The Kier molecular flexibility index (Phi) is 3.88. The molecule has 0 bridgehead atoms. The average molecular weight is 266 g/mol. The molecule has 1 aliphatic heterocycles. The minimum absolute atomic E-state index is 0.0146. The van der Waals surface area contributed by atoms with E-state index in [9.17, 15) is 9.59 Å². The molecule has 2 aliphatic rings. The summed E-state index contributed by atoms with van der Waals surface area (Å²) in [5.41, 5.74) is 0. The summed E-state index contributed by atoms with van der Waals surface area (Å²) in [7, 11) is 0. The lowest BCUT2D eigenvalue weighted by molar-refractivity contribution is -0.155. The van der Waals surface area contributed by atoms with Crippen molar-refractivity contribution >= 4 is 11.8 Å². The summed E-state index contributed by atoms with van der Waals surface area (Å²) in [5, 5.41) is 2.91. The molecule has 4 nitrogen and oxygen atoms in total. The highest BCUT2D eigenvalue weighted by Gasteiger charge is 2.47. The van der Waals surface area contributed by atoms with Gasteiger partial charge in [-0.1, -0.05) is 27.7 Å². The van der Waals surface area contributed by atoms with Crippen LogP contribution < -0.4 is 5.32 Å². The molecule has 1 aliphatic carbocycles. The monoisotopic (exact) mass is 266 g/mol. The Hall–Kier alpha value is -1.06. The molecule has 0 spiro atoms. The molecular formula is C15H26N2O2. The maximum absolute atomic E-state index is 12.7. The highest BCUT2D eigenvalue weighted by atomic mass is 16.2. The van der Waals surface area contributed by atoms with Gasteiger partial charge in [-0.2, -0.15) is 0 Å². The van der Waals surface area contributed by atoms with Gasteiger partial charge in [-0.3, -0.25) is 9.59 Å². The van der Waals surface area contributed by atoms with E-state index in [1.54, 1.807) is 0 Å². The number of amides is 2. The zero-order valence-electron chi connectivity index (χ0n) is 12.6. The van der Waals surface area contributed by atoms with Crippen molar-refractivity contribution in [3.05, 3.63) is 0 Å². The van der Waals surface area contributed by atoms with Crippen molar-refractivity contribution in [2.45, 2.75) is 65.6 Å². The largest absolute Gasteiger partial charge is 0.342 e. The van der Waals surface area contributed by atoms with Gasteiger partial charge in [0.05, 0.1) is 0 Å². The number of hydrogen-bond donors (Lipinski definition) is 1. The molecule has 4 heteroatoms. The first-order chi connectivity index (χ1) is 8.84. The van der Waals surface area contributed by atoms with Crippen molar-refractivity contribution in [3.8, 4) is 0 Å². The van der Waals surface area contributed by atoms with E-state index in [2.05, 4.69) is 12.2 Å². The molecule has 0 aromatic heterocycles. The van der Waals surface area contributed by atoms with Crippen molar-refractivity contribution < 1.29 is 9.59 Å². The summed E-state index contributed by atoms with van der Waals surface area (Å²) in [6.45, 7) is 10.1. The molecule has 3 atom stereocenters. The third-order valence-electron chi connectivity index (χ3n) is 4.43. The Labute approximate surface area is 115 Å². The third kappa shape index (κ3) is 2.63. The molecule has 1 N–H and O–H groups in total. The number of carbonyl (C=O) groups is 2. The van der Waals surface area contributed by atoms with Crippen molar-refractivity contribution in [2.75, 3.05) is 0 Å². The summed E-state index contributed by atoms with van der Waals surface area (Å²) in [4.78, 5) is 26.9. The van der Waals surface area contributed by atoms with Crippen LogP contribution in [0.4, 0.5) is 0 Å². The second-order valence-electron chi connectivity index (χ2n) is 6.74. The van der Waals surface area contributed by atoms with E-state index >= 15 is 0 Å². The molecule has 0 aromatic carbocycles. The molecular weight excluding hydrogens is 240 g/mol. The molecule has 1 saturated heterocycles. The van der Waals surface area contributed by atoms with E-state index in [1.807, 2.05) is 32.6 Å². The van der Waals surface area contributed by atoms with E-state index in [0.717, 1.165) is 0 Å². The minimum Gasteiger partial charge on any atom is -0.342 e. The van der Waals surface area contributed by atoms with E-state index in [-0.39, 0.29) is 41.8 Å². The fourth-order valence-electron chi connectivity index (χ4n) is 3.06. The van der Waals surface area contributed by atoms with Crippen LogP contribution in [0.5, 0.6) is 0 Å². The molecule has 3 unspecified atom stereocenters. The Morgan fingerprint density at radius 1 is 1.05 bits per heavy atom. The van der Waals surface area contributed by atoms with Crippen LogP contribution in [0.1, 0.15) is 47.5 Å². The number of piperazine rings is 1. The van der Waals surface area contributed by atoms with Crippen LogP contribution in [-0.4, -0.2) is 34.8 Å². The fourth-order valence-corrected chi connectivity index (χ4v) is 3.06. The van der Waals surface area contributed by atoms with E-state index in [0.29, 0.717) is 5.92 Å². The van der Waals surface area contributed by atoms with Gasteiger partial charge in [0.2, 0.25) is 11.8 Å². The molecule has 0 radical (unpaired) electrons. The SMILES string of the molecule is CC(C)C1NC(=O)C(C(C)C)N(C(C)C2CC2)C1=O. The smallest absolute Gasteiger partial charge is 0.246 e. The topological polar surface area (TPSA) is 49.4 Å². The molecule has 2 rings (SSSR count). The summed E-state index contributed by atoms with van der Waals surface area (Å²) in [6.07, 6.45) is 2.37. The second kappa shape index (κ2) is 5.14. The number of rotatable bonds is 4. The van der Waals surface area contributed by atoms with Crippen LogP contribution in [0.3, 0.4) is 0 Å². The zero-order chi connectivity index (χ0) is 14.3. The zero-order valence-corrected chi connectivity index (χ0v) is 12.6. The van der Waals surface area contributed by atoms with Crippen molar-refractivity contribution in [1.29, 1.82) is 0 Å². The van der Waals surface area contributed by atoms with Crippen LogP contribution in [0, 0.1) is 17.8 Å². The third-order valence-corrected chi connectivity index (χ3v) is 4.43. The number of nitrogens with one attached hydrogen (secondary N) is 1. The Balaban J connectivity index is 2.29. The lowest BCUT2D eigenvalue weighted by atomic mass is 9.91. The predicted molar refractivity (Wildman–Crippen MR) is 74.4 cm³/mol. The first-order valence-electron chi connectivity index (χ1n) is 7.47. The van der Waals surface area contributed by atoms with Gasteiger partial charge in [0.25, 0.3) is 0 Å². The van der Waals surface area contributed by atoms with Gasteiger partial charge in [0, 0.05) is 6.04 Å². The molecule has 2 amide bonds. The van der Waals surface area contributed by atoms with Gasteiger partial charge in [0.1, 0.15) is 12.1 Å². The Bertz CT molecular complexity index is 374. The molecule has 1 heterocycles. The molecule has 2 fully saturated rings. The lowest BCUT2D eigenvalue weighted by Crippen LogP contribution is -2.68. The van der Waals surface area contributed by atoms with Gasteiger partial charge in [-0.05, 0) is 37.5 Å². The fraction of sp³-hybridized carbons (Fsp3) is 0.867. The highest BCUT2D eigenvalue weighted by Crippen LogP contribution is 2.38. The Morgan fingerprint density at radius 2 is 1.63 bits per heavy atom. The number of hydrogen-bond acceptors (Lipinski definition) is 2. The van der Waals surface area contributed by atoms with Gasteiger partial charge in [-0.15, -0.1) is 0 Å². The molecule has 1 saturated carbocycles. The average Bonchev–Trinajstić information content (AvgIpc) is 3.13. The second-order valence-corrected chi connectivity index (χ2v) is 6.74. The van der Waals surface area contributed by atoms with Crippen molar-refractivity contribution in [2.24, 2.45) is 17.8 Å². The van der Waals surface area contributed by atoms with Gasteiger partial charge in [-0.25, -0.2) is 0 Å². The van der Waals surface area contributed by atoms with Gasteiger partial charge >= 0.3 is 0 Å². The number of carbonyl (C=O) groups excluding carboxylic acids is 2. The molecule has 0 aromatic rings. The van der Waals surface area contributed by atoms with Crippen LogP contribution >= 0.6 is 0 Å². The number of nitrogens with zero attached hydrogens (tertiary/aromatic N) is 1. The Morgan fingerprint density at radius 3 is 2.05 bits per heavy atom. The van der Waals surface area contributed by atoms with E-state index < -0.39 is 0 Å². The maximum Gasteiger partial charge on any atom is 0.246 e. The summed E-state index contributed by atoms with van der Waals surface area (Å²) in [5.74, 6) is 0.995. The van der Waals surface area contributed by atoms with Crippen LogP contribution in [0.25, 0.3) is 0 Å². The predicted octanol–water partition coefficient (Wildman–Crippen LogP) is 1.79. The van der Waals surface area contributed by atoms with Crippen LogP contribution in [0.15, 0.2) is 0 Å². The highest BCUT2D eigenvalue weighted by molar-refractivity contribution is 5.97.